The molecule has 1 heterocycles. The van der Waals surface area contributed by atoms with E-state index in [0.717, 1.165) is 12.1 Å². The Morgan fingerprint density at radius 2 is 1.82 bits per heavy atom. The Morgan fingerprint density at radius 3 is 2.46 bits per heavy atom. The summed E-state index contributed by atoms with van der Waals surface area (Å²) in [5.41, 5.74) is 0.0175. The van der Waals surface area contributed by atoms with Gasteiger partial charge in [-0.05, 0) is 52.3 Å². The summed E-state index contributed by atoms with van der Waals surface area (Å²) < 4.78 is 56.3. The van der Waals surface area contributed by atoms with Crippen LogP contribution in [0.1, 0.15) is 10.4 Å². The van der Waals surface area contributed by atoms with Gasteiger partial charge < -0.3 is 14.2 Å². The van der Waals surface area contributed by atoms with Gasteiger partial charge in [0.2, 0.25) is 10.0 Å². The van der Waals surface area contributed by atoms with E-state index in [9.17, 15) is 17.6 Å². The number of rotatable bonds is 5. The standard InChI is InChI=1S/C18H17BrFNO6S/c1-25-16-4-2-12(18(22)27-15-5-3-13(20)11-14(15)19)10-17(16)28(23,24)21-6-8-26-9-7-21/h2-5,10-11H,6-9H2,1H3. The predicted octanol–water partition coefficient (Wildman–Crippen LogP) is 2.84. The zero-order valence-electron chi connectivity index (χ0n) is 14.9. The third-order valence-electron chi connectivity index (χ3n) is 4.08. The Labute approximate surface area is 170 Å². The zero-order valence-corrected chi connectivity index (χ0v) is 17.3. The van der Waals surface area contributed by atoms with E-state index in [1.165, 1.54) is 35.7 Å². The van der Waals surface area contributed by atoms with Gasteiger partial charge in [0.25, 0.3) is 0 Å². The van der Waals surface area contributed by atoms with Gasteiger partial charge in [-0.25, -0.2) is 17.6 Å². The summed E-state index contributed by atoms with van der Waals surface area (Å²) in [6.45, 7) is 1.01. The molecule has 1 aliphatic rings. The van der Waals surface area contributed by atoms with Gasteiger partial charge in [-0.1, -0.05) is 0 Å². The maximum atomic E-state index is 13.2. The lowest BCUT2D eigenvalue weighted by Crippen LogP contribution is -2.40. The van der Waals surface area contributed by atoms with Gasteiger partial charge in [0.05, 0.1) is 30.4 Å². The van der Waals surface area contributed by atoms with Crippen molar-refractivity contribution in [3.05, 3.63) is 52.3 Å². The summed E-state index contributed by atoms with van der Waals surface area (Å²) >= 11 is 3.12. The molecule has 2 aromatic rings. The minimum atomic E-state index is -3.89. The first-order chi connectivity index (χ1) is 13.3. The lowest BCUT2D eigenvalue weighted by molar-refractivity contribution is 0.0726. The second-order valence-corrected chi connectivity index (χ2v) is 8.61. The molecule has 0 aromatic heterocycles. The fourth-order valence-electron chi connectivity index (χ4n) is 2.65. The summed E-state index contributed by atoms with van der Waals surface area (Å²) in [6.07, 6.45) is 0. The first-order valence-electron chi connectivity index (χ1n) is 8.26. The van der Waals surface area contributed by atoms with Crippen molar-refractivity contribution in [2.75, 3.05) is 33.4 Å². The number of carbonyl (C=O) groups excluding carboxylic acids is 1. The van der Waals surface area contributed by atoms with Crippen LogP contribution in [0.15, 0.2) is 45.8 Å². The average molecular weight is 474 g/mol. The second kappa shape index (κ2) is 8.56. The van der Waals surface area contributed by atoms with Crippen molar-refractivity contribution >= 4 is 31.9 Å². The molecule has 0 atom stereocenters. The highest BCUT2D eigenvalue weighted by Gasteiger charge is 2.30. The van der Waals surface area contributed by atoms with E-state index in [1.807, 2.05) is 0 Å². The highest BCUT2D eigenvalue weighted by molar-refractivity contribution is 9.10. The lowest BCUT2D eigenvalue weighted by atomic mass is 10.2. The van der Waals surface area contributed by atoms with Crippen LogP contribution in [0.5, 0.6) is 11.5 Å². The van der Waals surface area contributed by atoms with E-state index >= 15 is 0 Å². The molecule has 1 aliphatic heterocycles. The molecule has 3 rings (SSSR count). The Bertz CT molecular complexity index is 992. The molecule has 2 aromatic carbocycles. The van der Waals surface area contributed by atoms with Crippen LogP contribution in [-0.4, -0.2) is 52.1 Å². The largest absolute Gasteiger partial charge is 0.495 e. The zero-order chi connectivity index (χ0) is 20.3. The van der Waals surface area contributed by atoms with Crippen LogP contribution in [0.3, 0.4) is 0 Å². The molecule has 0 saturated carbocycles. The highest BCUT2D eigenvalue weighted by Crippen LogP contribution is 2.30. The van der Waals surface area contributed by atoms with Crippen LogP contribution in [0.25, 0.3) is 0 Å². The number of carbonyl (C=O) groups is 1. The lowest BCUT2D eigenvalue weighted by Gasteiger charge is -2.26. The van der Waals surface area contributed by atoms with Gasteiger partial charge in [0.1, 0.15) is 22.2 Å². The van der Waals surface area contributed by atoms with Crippen LogP contribution in [0.2, 0.25) is 0 Å². The molecule has 0 spiro atoms. The van der Waals surface area contributed by atoms with E-state index in [1.54, 1.807) is 0 Å². The molecular formula is C18H17BrFNO6S. The molecule has 0 amide bonds. The van der Waals surface area contributed by atoms with Crippen LogP contribution in [0, 0.1) is 5.82 Å². The second-order valence-electron chi connectivity index (χ2n) is 5.85. The van der Waals surface area contributed by atoms with Crippen LogP contribution < -0.4 is 9.47 Å². The summed E-state index contributed by atoms with van der Waals surface area (Å²) in [5, 5.41) is 0. The molecule has 150 valence electrons. The summed E-state index contributed by atoms with van der Waals surface area (Å²) in [6, 6.07) is 7.61. The van der Waals surface area contributed by atoms with Crippen molar-refractivity contribution in [1.29, 1.82) is 0 Å². The average Bonchev–Trinajstić information content (AvgIpc) is 2.70. The van der Waals surface area contributed by atoms with Crippen molar-refractivity contribution in [3.8, 4) is 11.5 Å². The monoisotopic (exact) mass is 473 g/mol. The molecule has 1 saturated heterocycles. The van der Waals surface area contributed by atoms with Gasteiger partial charge >= 0.3 is 5.97 Å². The summed E-state index contributed by atoms with van der Waals surface area (Å²) in [7, 11) is -2.54. The Hall–Kier alpha value is -2.01. The van der Waals surface area contributed by atoms with Crippen molar-refractivity contribution < 1.29 is 31.8 Å². The fraction of sp³-hybridized carbons (Fsp3) is 0.278. The number of ether oxygens (including phenoxy) is 3. The van der Waals surface area contributed by atoms with Gasteiger partial charge in [-0.15, -0.1) is 0 Å². The van der Waals surface area contributed by atoms with Gasteiger partial charge in [0.15, 0.2) is 0 Å². The maximum Gasteiger partial charge on any atom is 0.343 e. The molecule has 0 unspecified atom stereocenters. The number of benzene rings is 2. The van der Waals surface area contributed by atoms with Gasteiger partial charge in [-0.3, -0.25) is 0 Å². The number of morpholine rings is 1. The Kier molecular flexibility index (Phi) is 6.33. The number of halogens is 2. The van der Waals surface area contributed by atoms with Crippen molar-refractivity contribution in [2.45, 2.75) is 4.90 Å². The molecule has 1 fully saturated rings. The molecular weight excluding hydrogens is 457 g/mol. The van der Waals surface area contributed by atoms with Crippen molar-refractivity contribution in [2.24, 2.45) is 0 Å². The van der Waals surface area contributed by atoms with E-state index in [2.05, 4.69) is 15.9 Å². The summed E-state index contributed by atoms with van der Waals surface area (Å²) in [5.74, 6) is -1.05. The van der Waals surface area contributed by atoms with E-state index in [-0.39, 0.29) is 39.5 Å². The van der Waals surface area contributed by atoms with Crippen LogP contribution in [-0.2, 0) is 14.8 Å². The maximum absolute atomic E-state index is 13.2. The molecule has 0 N–H and O–H groups in total. The van der Waals surface area contributed by atoms with Crippen LogP contribution >= 0.6 is 15.9 Å². The minimum Gasteiger partial charge on any atom is -0.495 e. The van der Waals surface area contributed by atoms with Crippen molar-refractivity contribution in [1.82, 2.24) is 4.31 Å². The predicted molar refractivity (Wildman–Crippen MR) is 102 cm³/mol. The number of hydrogen-bond acceptors (Lipinski definition) is 6. The molecule has 0 aliphatic carbocycles. The third kappa shape index (κ3) is 4.35. The molecule has 10 heteroatoms. The van der Waals surface area contributed by atoms with Gasteiger partial charge in [0, 0.05) is 13.1 Å². The topological polar surface area (TPSA) is 82.1 Å². The SMILES string of the molecule is COc1ccc(C(=O)Oc2ccc(F)cc2Br)cc1S(=O)(=O)N1CCOCC1. The van der Waals surface area contributed by atoms with E-state index in [0.29, 0.717) is 13.2 Å². The smallest absolute Gasteiger partial charge is 0.343 e. The Balaban J connectivity index is 1.92. The highest BCUT2D eigenvalue weighted by atomic mass is 79.9. The van der Waals surface area contributed by atoms with E-state index < -0.39 is 21.8 Å². The molecule has 28 heavy (non-hydrogen) atoms. The normalized spacial score (nSPS) is 15.2. The quantitative estimate of drug-likeness (QED) is 0.490. The molecule has 0 bridgehead atoms. The number of methoxy groups -OCH3 is 1. The number of esters is 1. The number of hydrogen-bond donors (Lipinski definition) is 0. The fourth-order valence-corrected chi connectivity index (χ4v) is 4.67. The Morgan fingerprint density at radius 1 is 1.14 bits per heavy atom. The first-order valence-corrected chi connectivity index (χ1v) is 10.5. The number of nitrogens with zero attached hydrogens (tertiary/aromatic N) is 1. The third-order valence-corrected chi connectivity index (χ3v) is 6.62. The minimum absolute atomic E-state index is 0.0175. The molecule has 7 nitrogen and oxygen atoms in total. The van der Waals surface area contributed by atoms with Crippen LogP contribution in [0.4, 0.5) is 4.39 Å². The van der Waals surface area contributed by atoms with Crippen molar-refractivity contribution in [3.63, 3.8) is 0 Å². The van der Waals surface area contributed by atoms with Gasteiger partial charge in [-0.2, -0.15) is 4.31 Å². The summed E-state index contributed by atoms with van der Waals surface area (Å²) in [4.78, 5) is 12.4. The van der Waals surface area contributed by atoms with E-state index in [4.69, 9.17) is 14.2 Å². The number of sulfonamides is 1. The molecule has 0 radical (unpaired) electrons. The first kappa shape index (κ1) is 20.7.